The molecule has 0 aromatic carbocycles. The van der Waals surface area contributed by atoms with Crippen LogP contribution in [0, 0.1) is 11.8 Å². The van der Waals surface area contributed by atoms with Crippen LogP contribution < -0.4 is 0 Å². The van der Waals surface area contributed by atoms with E-state index in [0.29, 0.717) is 18.9 Å². The van der Waals surface area contributed by atoms with Crippen LogP contribution in [0.1, 0.15) is 72.6 Å². The Bertz CT molecular complexity index is 185. The van der Waals surface area contributed by atoms with Crippen molar-refractivity contribution in [1.29, 1.82) is 0 Å². The Kier molecular flexibility index (Phi) is 10.3. The van der Waals surface area contributed by atoms with Crippen molar-refractivity contribution in [1.82, 2.24) is 0 Å². The van der Waals surface area contributed by atoms with Crippen LogP contribution in [0.4, 0.5) is 0 Å². The Morgan fingerprint density at radius 3 is 2.06 bits per heavy atom. The van der Waals surface area contributed by atoms with E-state index in [1.165, 1.54) is 32.1 Å². The number of carbonyl (C=O) groups is 1. The standard InChI is InChI=1S/C15H30O2/c1-13(2)10-8-6-5-7-9-11-17-15(16)12-14(3)4/h13-14H,5-12H2,1-4H3. The minimum atomic E-state index is -0.0418. The second-order valence-electron chi connectivity index (χ2n) is 5.77. The number of esters is 1. The molecular weight excluding hydrogens is 212 g/mol. The quantitative estimate of drug-likeness (QED) is 0.414. The molecule has 0 saturated heterocycles. The van der Waals surface area contributed by atoms with Gasteiger partial charge in [0, 0.05) is 6.42 Å². The summed E-state index contributed by atoms with van der Waals surface area (Å²) in [5.74, 6) is 1.19. The fourth-order valence-electron chi connectivity index (χ4n) is 1.76. The Balaban J connectivity index is 3.16. The van der Waals surface area contributed by atoms with E-state index in [1.807, 2.05) is 13.8 Å². The molecule has 2 heteroatoms. The highest BCUT2D eigenvalue weighted by atomic mass is 16.5. The van der Waals surface area contributed by atoms with Crippen LogP contribution in [-0.4, -0.2) is 12.6 Å². The molecule has 0 atom stereocenters. The van der Waals surface area contributed by atoms with Gasteiger partial charge in [0.15, 0.2) is 0 Å². The first-order chi connectivity index (χ1) is 8.02. The number of carbonyl (C=O) groups excluding carboxylic acids is 1. The first-order valence-corrected chi connectivity index (χ1v) is 7.18. The molecule has 0 fully saturated rings. The normalized spacial score (nSPS) is 11.2. The van der Waals surface area contributed by atoms with Crippen molar-refractivity contribution in [2.45, 2.75) is 72.6 Å². The molecule has 0 radical (unpaired) electrons. The lowest BCUT2D eigenvalue weighted by Gasteiger charge is -2.07. The molecule has 0 aliphatic rings. The molecular formula is C15H30O2. The van der Waals surface area contributed by atoms with Crippen LogP contribution >= 0.6 is 0 Å². The molecule has 2 nitrogen and oxygen atoms in total. The first kappa shape index (κ1) is 16.5. The van der Waals surface area contributed by atoms with Crippen LogP contribution in [0.2, 0.25) is 0 Å². The molecule has 0 spiro atoms. The predicted octanol–water partition coefficient (Wildman–Crippen LogP) is 4.57. The SMILES string of the molecule is CC(C)CCCCCCCOC(=O)CC(C)C. The maximum Gasteiger partial charge on any atom is 0.306 e. The number of unbranched alkanes of at least 4 members (excludes halogenated alkanes) is 4. The third-order valence-electron chi connectivity index (χ3n) is 2.76. The van der Waals surface area contributed by atoms with Gasteiger partial charge in [-0.1, -0.05) is 59.8 Å². The zero-order valence-corrected chi connectivity index (χ0v) is 12.1. The molecule has 0 heterocycles. The molecule has 0 bridgehead atoms. The van der Waals surface area contributed by atoms with Crippen molar-refractivity contribution in [3.8, 4) is 0 Å². The maximum atomic E-state index is 11.2. The lowest BCUT2D eigenvalue weighted by Crippen LogP contribution is -2.08. The van der Waals surface area contributed by atoms with Gasteiger partial charge in [0.05, 0.1) is 6.61 Å². The highest BCUT2D eigenvalue weighted by Gasteiger charge is 2.05. The number of hydrogen-bond acceptors (Lipinski definition) is 2. The average Bonchev–Trinajstić information content (AvgIpc) is 2.20. The van der Waals surface area contributed by atoms with Gasteiger partial charge in [-0.2, -0.15) is 0 Å². The minimum Gasteiger partial charge on any atom is -0.466 e. The lowest BCUT2D eigenvalue weighted by molar-refractivity contribution is -0.144. The largest absolute Gasteiger partial charge is 0.466 e. The second kappa shape index (κ2) is 10.6. The van der Waals surface area contributed by atoms with Crippen molar-refractivity contribution in [2.75, 3.05) is 6.61 Å². The van der Waals surface area contributed by atoms with Gasteiger partial charge in [-0.3, -0.25) is 4.79 Å². The molecule has 17 heavy (non-hydrogen) atoms. The van der Waals surface area contributed by atoms with E-state index in [1.54, 1.807) is 0 Å². The Morgan fingerprint density at radius 2 is 1.47 bits per heavy atom. The molecule has 0 amide bonds. The molecule has 0 unspecified atom stereocenters. The molecule has 102 valence electrons. The zero-order chi connectivity index (χ0) is 13.1. The lowest BCUT2D eigenvalue weighted by atomic mass is 10.0. The van der Waals surface area contributed by atoms with Crippen LogP contribution in [0.5, 0.6) is 0 Å². The maximum absolute atomic E-state index is 11.2. The third kappa shape index (κ3) is 13.4. The Morgan fingerprint density at radius 1 is 0.882 bits per heavy atom. The summed E-state index contributed by atoms with van der Waals surface area (Å²) >= 11 is 0. The van der Waals surface area contributed by atoms with E-state index in [9.17, 15) is 4.79 Å². The smallest absolute Gasteiger partial charge is 0.306 e. The molecule has 0 saturated carbocycles. The first-order valence-electron chi connectivity index (χ1n) is 7.18. The van der Waals surface area contributed by atoms with Gasteiger partial charge in [-0.05, 0) is 18.3 Å². The average molecular weight is 242 g/mol. The molecule has 0 N–H and O–H groups in total. The summed E-state index contributed by atoms with van der Waals surface area (Å²) in [6, 6.07) is 0. The minimum absolute atomic E-state index is 0.0418. The molecule has 0 aliphatic carbocycles. The van der Waals surface area contributed by atoms with E-state index in [0.717, 1.165) is 12.3 Å². The molecule has 0 aromatic rings. The predicted molar refractivity (Wildman–Crippen MR) is 73.0 cm³/mol. The summed E-state index contributed by atoms with van der Waals surface area (Å²) in [7, 11) is 0. The third-order valence-corrected chi connectivity index (χ3v) is 2.76. The highest BCUT2D eigenvalue weighted by Crippen LogP contribution is 2.10. The van der Waals surface area contributed by atoms with Crippen molar-refractivity contribution in [3.63, 3.8) is 0 Å². The number of ether oxygens (including phenoxy) is 1. The van der Waals surface area contributed by atoms with Crippen molar-refractivity contribution >= 4 is 5.97 Å². The Hall–Kier alpha value is -0.530. The van der Waals surface area contributed by atoms with Gasteiger partial charge in [0.25, 0.3) is 0 Å². The van der Waals surface area contributed by atoms with E-state index < -0.39 is 0 Å². The van der Waals surface area contributed by atoms with Crippen LogP contribution in [0.25, 0.3) is 0 Å². The van der Waals surface area contributed by atoms with E-state index in [2.05, 4.69) is 13.8 Å². The topological polar surface area (TPSA) is 26.3 Å². The van der Waals surface area contributed by atoms with Gasteiger partial charge < -0.3 is 4.74 Å². The van der Waals surface area contributed by atoms with Crippen molar-refractivity contribution in [3.05, 3.63) is 0 Å². The van der Waals surface area contributed by atoms with Crippen molar-refractivity contribution in [2.24, 2.45) is 11.8 Å². The summed E-state index contributed by atoms with van der Waals surface area (Å²) in [6.45, 7) is 9.23. The number of hydrogen-bond donors (Lipinski definition) is 0. The molecule has 0 aliphatic heterocycles. The van der Waals surface area contributed by atoms with Gasteiger partial charge in [-0.25, -0.2) is 0 Å². The van der Waals surface area contributed by atoms with E-state index >= 15 is 0 Å². The summed E-state index contributed by atoms with van der Waals surface area (Å²) < 4.78 is 5.16. The highest BCUT2D eigenvalue weighted by molar-refractivity contribution is 5.69. The van der Waals surface area contributed by atoms with Gasteiger partial charge in [0.2, 0.25) is 0 Å². The number of rotatable bonds is 10. The van der Waals surface area contributed by atoms with Gasteiger partial charge in [0.1, 0.15) is 0 Å². The molecule has 0 aromatic heterocycles. The fraction of sp³-hybridized carbons (Fsp3) is 0.933. The van der Waals surface area contributed by atoms with E-state index in [4.69, 9.17) is 4.74 Å². The van der Waals surface area contributed by atoms with Gasteiger partial charge >= 0.3 is 5.97 Å². The summed E-state index contributed by atoms with van der Waals surface area (Å²) in [6.07, 6.45) is 8.02. The molecule has 0 rings (SSSR count). The zero-order valence-electron chi connectivity index (χ0n) is 12.1. The summed E-state index contributed by atoms with van der Waals surface area (Å²) in [5, 5.41) is 0. The fourth-order valence-corrected chi connectivity index (χ4v) is 1.76. The van der Waals surface area contributed by atoms with Crippen LogP contribution in [0.3, 0.4) is 0 Å². The van der Waals surface area contributed by atoms with Gasteiger partial charge in [-0.15, -0.1) is 0 Å². The van der Waals surface area contributed by atoms with E-state index in [-0.39, 0.29) is 5.97 Å². The summed E-state index contributed by atoms with van der Waals surface area (Å²) in [5.41, 5.74) is 0. The monoisotopic (exact) mass is 242 g/mol. The van der Waals surface area contributed by atoms with Crippen LogP contribution in [-0.2, 0) is 9.53 Å². The summed E-state index contributed by atoms with van der Waals surface area (Å²) in [4.78, 5) is 11.2. The van der Waals surface area contributed by atoms with Crippen molar-refractivity contribution < 1.29 is 9.53 Å². The van der Waals surface area contributed by atoms with Crippen LogP contribution in [0.15, 0.2) is 0 Å². The Labute approximate surface area is 107 Å². The second-order valence-corrected chi connectivity index (χ2v) is 5.77.